The second-order valence-electron chi connectivity index (χ2n) is 7.04. The van der Waals surface area contributed by atoms with Gasteiger partial charge >= 0.3 is 0 Å². The lowest BCUT2D eigenvalue weighted by Crippen LogP contribution is -2.36. The van der Waals surface area contributed by atoms with Gasteiger partial charge in [0.1, 0.15) is 5.76 Å². The van der Waals surface area contributed by atoms with Gasteiger partial charge in [0.15, 0.2) is 5.96 Å². The summed E-state index contributed by atoms with van der Waals surface area (Å²) in [7, 11) is 0. The Hall–Kier alpha value is -2.30. The van der Waals surface area contributed by atoms with E-state index in [1.807, 2.05) is 0 Å². The second-order valence-corrected chi connectivity index (χ2v) is 7.04. The van der Waals surface area contributed by atoms with Gasteiger partial charge in [0.05, 0.1) is 19.3 Å². The van der Waals surface area contributed by atoms with Gasteiger partial charge in [0, 0.05) is 12.0 Å². The molecule has 2 aromatic rings. The number of guanidine groups is 1. The Bertz CT molecular complexity index is 698. The lowest BCUT2D eigenvalue weighted by Gasteiger charge is -2.13. The molecule has 25 heavy (non-hydrogen) atoms. The standard InChI is InChI=1S/C20H30N4O/c1-6-15-10-8-9-11-16(15)12-23-19(21-7-2)24-14-18-22-13-17(25-18)20(3,4)5/h8-11,13H,6-7,12,14H2,1-5H3,(H2,21,23,24). The number of benzene rings is 1. The molecule has 0 bridgehead atoms. The number of nitrogens with zero attached hydrogens (tertiary/aromatic N) is 2. The summed E-state index contributed by atoms with van der Waals surface area (Å²) in [5.41, 5.74) is 2.56. The average Bonchev–Trinajstić information content (AvgIpc) is 3.07. The van der Waals surface area contributed by atoms with Crippen LogP contribution in [0.2, 0.25) is 0 Å². The molecule has 0 aliphatic heterocycles. The molecule has 5 heteroatoms. The van der Waals surface area contributed by atoms with Gasteiger partial charge < -0.3 is 15.1 Å². The summed E-state index contributed by atoms with van der Waals surface area (Å²) in [5.74, 6) is 2.33. The Morgan fingerprint density at radius 3 is 2.44 bits per heavy atom. The molecular formula is C20H30N4O. The first-order valence-electron chi connectivity index (χ1n) is 8.98. The monoisotopic (exact) mass is 342 g/mol. The Morgan fingerprint density at radius 2 is 1.84 bits per heavy atom. The Kier molecular flexibility index (Phi) is 6.62. The molecule has 0 unspecified atom stereocenters. The number of aryl methyl sites for hydroxylation is 1. The van der Waals surface area contributed by atoms with Crippen LogP contribution in [-0.2, 0) is 24.9 Å². The molecule has 1 aromatic heterocycles. The number of hydrogen-bond acceptors (Lipinski definition) is 3. The summed E-state index contributed by atoms with van der Waals surface area (Å²) in [6, 6.07) is 8.43. The number of aromatic nitrogens is 1. The third-order valence-corrected chi connectivity index (χ3v) is 3.95. The van der Waals surface area contributed by atoms with E-state index < -0.39 is 0 Å². The molecule has 0 amide bonds. The maximum Gasteiger partial charge on any atom is 0.213 e. The van der Waals surface area contributed by atoms with Crippen molar-refractivity contribution >= 4 is 5.96 Å². The average molecular weight is 342 g/mol. The smallest absolute Gasteiger partial charge is 0.213 e. The van der Waals surface area contributed by atoms with E-state index in [1.165, 1.54) is 11.1 Å². The van der Waals surface area contributed by atoms with Crippen LogP contribution in [0.3, 0.4) is 0 Å². The van der Waals surface area contributed by atoms with E-state index in [9.17, 15) is 0 Å². The van der Waals surface area contributed by atoms with E-state index in [0.29, 0.717) is 19.0 Å². The number of oxazole rings is 1. The fourth-order valence-corrected chi connectivity index (χ4v) is 2.46. The third-order valence-electron chi connectivity index (χ3n) is 3.95. The fourth-order valence-electron chi connectivity index (χ4n) is 2.46. The van der Waals surface area contributed by atoms with E-state index in [2.05, 4.69) is 79.5 Å². The molecule has 5 nitrogen and oxygen atoms in total. The lowest BCUT2D eigenvalue weighted by molar-refractivity contribution is 0.379. The highest BCUT2D eigenvalue weighted by molar-refractivity contribution is 5.79. The van der Waals surface area contributed by atoms with Crippen LogP contribution in [0.1, 0.15) is 57.4 Å². The van der Waals surface area contributed by atoms with Crippen molar-refractivity contribution in [3.05, 3.63) is 53.2 Å². The van der Waals surface area contributed by atoms with E-state index in [0.717, 1.165) is 24.7 Å². The van der Waals surface area contributed by atoms with Crippen molar-refractivity contribution in [3.8, 4) is 0 Å². The zero-order valence-corrected chi connectivity index (χ0v) is 16.0. The van der Waals surface area contributed by atoms with Gasteiger partial charge in [-0.25, -0.2) is 9.98 Å². The van der Waals surface area contributed by atoms with Crippen LogP contribution < -0.4 is 10.6 Å². The second kappa shape index (κ2) is 8.70. The van der Waals surface area contributed by atoms with Crippen molar-refractivity contribution in [1.82, 2.24) is 15.6 Å². The minimum Gasteiger partial charge on any atom is -0.443 e. The van der Waals surface area contributed by atoms with Crippen LogP contribution in [0.15, 0.2) is 39.9 Å². The highest BCUT2D eigenvalue weighted by Crippen LogP contribution is 2.22. The van der Waals surface area contributed by atoms with Gasteiger partial charge in [-0.2, -0.15) is 0 Å². The molecule has 0 spiro atoms. The molecule has 1 aromatic carbocycles. The van der Waals surface area contributed by atoms with Crippen molar-refractivity contribution < 1.29 is 4.42 Å². The van der Waals surface area contributed by atoms with Crippen molar-refractivity contribution in [2.75, 3.05) is 6.54 Å². The first-order valence-corrected chi connectivity index (χ1v) is 8.98. The zero-order chi connectivity index (χ0) is 18.3. The number of hydrogen-bond donors (Lipinski definition) is 2. The maximum atomic E-state index is 5.82. The molecule has 0 atom stereocenters. The van der Waals surface area contributed by atoms with E-state index >= 15 is 0 Å². The van der Waals surface area contributed by atoms with Crippen LogP contribution in [0, 0.1) is 0 Å². The van der Waals surface area contributed by atoms with Crippen LogP contribution in [0.4, 0.5) is 0 Å². The van der Waals surface area contributed by atoms with Crippen LogP contribution >= 0.6 is 0 Å². The molecule has 0 aliphatic carbocycles. The minimum absolute atomic E-state index is 0.0340. The highest BCUT2D eigenvalue weighted by Gasteiger charge is 2.19. The molecule has 2 N–H and O–H groups in total. The topological polar surface area (TPSA) is 62.5 Å². The summed E-state index contributed by atoms with van der Waals surface area (Å²) in [4.78, 5) is 9.04. The predicted octanol–water partition coefficient (Wildman–Crippen LogP) is 3.79. The molecule has 136 valence electrons. The van der Waals surface area contributed by atoms with Gasteiger partial charge in [0.25, 0.3) is 0 Å². The van der Waals surface area contributed by atoms with Crippen LogP contribution in [-0.4, -0.2) is 17.5 Å². The first-order chi connectivity index (χ1) is 11.9. The predicted molar refractivity (Wildman–Crippen MR) is 103 cm³/mol. The van der Waals surface area contributed by atoms with Gasteiger partial charge in [-0.05, 0) is 24.5 Å². The van der Waals surface area contributed by atoms with Crippen molar-refractivity contribution in [3.63, 3.8) is 0 Å². The van der Waals surface area contributed by atoms with Gasteiger partial charge in [-0.1, -0.05) is 52.0 Å². The molecule has 0 saturated carbocycles. The number of aliphatic imine (C=N–C) groups is 1. The number of rotatable bonds is 6. The minimum atomic E-state index is -0.0340. The largest absolute Gasteiger partial charge is 0.443 e. The molecule has 0 fully saturated rings. The van der Waals surface area contributed by atoms with Crippen LogP contribution in [0.5, 0.6) is 0 Å². The normalized spacial score (nSPS) is 12.3. The Labute approximate surface area is 151 Å². The maximum absolute atomic E-state index is 5.82. The first kappa shape index (κ1) is 19.0. The van der Waals surface area contributed by atoms with Crippen molar-refractivity contribution in [2.24, 2.45) is 4.99 Å². The molecule has 0 aliphatic rings. The van der Waals surface area contributed by atoms with Gasteiger partial charge in [-0.15, -0.1) is 0 Å². The SMILES string of the molecule is CCNC(=NCc1ccccc1CC)NCc1ncc(C(C)(C)C)o1. The highest BCUT2D eigenvalue weighted by atomic mass is 16.4. The Balaban J connectivity index is 2.01. The summed E-state index contributed by atoms with van der Waals surface area (Å²) in [5, 5.41) is 6.56. The summed E-state index contributed by atoms with van der Waals surface area (Å²) in [6.07, 6.45) is 2.82. The van der Waals surface area contributed by atoms with Crippen molar-refractivity contribution in [1.29, 1.82) is 0 Å². The summed E-state index contributed by atoms with van der Waals surface area (Å²) >= 11 is 0. The summed E-state index contributed by atoms with van der Waals surface area (Å²) in [6.45, 7) is 12.5. The molecule has 0 radical (unpaired) electrons. The number of nitrogens with one attached hydrogen (secondary N) is 2. The van der Waals surface area contributed by atoms with E-state index in [4.69, 9.17) is 4.42 Å². The molecule has 1 heterocycles. The third kappa shape index (κ3) is 5.62. The van der Waals surface area contributed by atoms with Gasteiger partial charge in [-0.3, -0.25) is 0 Å². The van der Waals surface area contributed by atoms with E-state index in [1.54, 1.807) is 6.20 Å². The van der Waals surface area contributed by atoms with E-state index in [-0.39, 0.29) is 5.41 Å². The molecule has 2 rings (SSSR count). The Morgan fingerprint density at radius 1 is 1.12 bits per heavy atom. The zero-order valence-electron chi connectivity index (χ0n) is 16.0. The van der Waals surface area contributed by atoms with Gasteiger partial charge in [0.2, 0.25) is 5.89 Å². The van der Waals surface area contributed by atoms with Crippen LogP contribution in [0.25, 0.3) is 0 Å². The quantitative estimate of drug-likeness (QED) is 0.619. The van der Waals surface area contributed by atoms with Crippen molar-refractivity contribution in [2.45, 2.75) is 59.5 Å². The summed E-state index contributed by atoms with van der Waals surface area (Å²) < 4.78 is 5.82. The lowest BCUT2D eigenvalue weighted by atomic mass is 9.94. The molecular weight excluding hydrogens is 312 g/mol. The fraction of sp³-hybridized carbons (Fsp3) is 0.500. The molecule has 0 saturated heterocycles.